The minimum Gasteiger partial charge on any atom is -0.464 e. The number of rotatable bonds is 7. The first-order valence-electron chi connectivity index (χ1n) is 6.83. The van der Waals surface area contributed by atoms with Crippen molar-refractivity contribution in [1.82, 2.24) is 9.97 Å². The van der Waals surface area contributed by atoms with Gasteiger partial charge in [0.25, 0.3) is 0 Å². The summed E-state index contributed by atoms with van der Waals surface area (Å²) in [6.45, 7) is 3.60. The van der Waals surface area contributed by atoms with Crippen molar-refractivity contribution in [3.05, 3.63) is 18.1 Å². The number of carbonyl (C=O) groups excluding carboxylic acids is 1. The summed E-state index contributed by atoms with van der Waals surface area (Å²) in [4.78, 5) is 22.0. The normalized spacial score (nSPS) is 15.8. The lowest BCUT2D eigenvalue weighted by atomic mass is 10.2. The second-order valence-electron chi connectivity index (χ2n) is 5.02. The zero-order valence-corrected chi connectivity index (χ0v) is 12.2. The molecule has 0 saturated heterocycles. The van der Waals surface area contributed by atoms with Gasteiger partial charge in [-0.05, 0) is 25.7 Å². The average molecular weight is 279 g/mol. The van der Waals surface area contributed by atoms with Crippen LogP contribution in [0.25, 0.3) is 0 Å². The Balaban J connectivity index is 2.12. The van der Waals surface area contributed by atoms with Gasteiger partial charge in [0.15, 0.2) is 5.69 Å². The van der Waals surface area contributed by atoms with Crippen molar-refractivity contribution < 1.29 is 14.3 Å². The fraction of sp³-hybridized carbons (Fsp3) is 0.643. The number of anilines is 1. The molecule has 1 aromatic rings. The van der Waals surface area contributed by atoms with Crippen molar-refractivity contribution >= 4 is 11.8 Å². The molecule has 1 aromatic heterocycles. The number of carbonyl (C=O) groups is 1. The van der Waals surface area contributed by atoms with Gasteiger partial charge in [-0.3, -0.25) is 0 Å². The van der Waals surface area contributed by atoms with Crippen LogP contribution in [0.3, 0.4) is 0 Å². The molecule has 1 saturated carbocycles. The van der Waals surface area contributed by atoms with Gasteiger partial charge in [0.05, 0.1) is 26.1 Å². The number of methoxy groups -OCH3 is 2. The van der Waals surface area contributed by atoms with E-state index in [1.54, 1.807) is 13.3 Å². The lowest BCUT2D eigenvalue weighted by molar-refractivity contribution is 0.0593. The molecule has 6 nitrogen and oxygen atoms in total. The molecule has 0 spiro atoms. The molecule has 1 fully saturated rings. The summed E-state index contributed by atoms with van der Waals surface area (Å²) in [5, 5.41) is 0. The van der Waals surface area contributed by atoms with Gasteiger partial charge < -0.3 is 14.4 Å². The molecule has 1 aliphatic carbocycles. The molecule has 1 unspecified atom stereocenters. The molecule has 110 valence electrons. The Morgan fingerprint density at radius 3 is 2.65 bits per heavy atom. The predicted octanol–water partition coefficient (Wildman–Crippen LogP) is 1.51. The van der Waals surface area contributed by atoms with Gasteiger partial charge in [0.1, 0.15) is 5.82 Å². The molecule has 0 N–H and O–H groups in total. The average Bonchev–Trinajstić information content (AvgIpc) is 3.32. The fourth-order valence-corrected chi connectivity index (χ4v) is 2.23. The first-order valence-corrected chi connectivity index (χ1v) is 6.83. The lowest BCUT2D eigenvalue weighted by Gasteiger charge is -2.30. The zero-order chi connectivity index (χ0) is 14.5. The minimum absolute atomic E-state index is 0.224. The summed E-state index contributed by atoms with van der Waals surface area (Å²) in [6, 6.07) is 0.406. The molecule has 1 atom stereocenters. The maximum Gasteiger partial charge on any atom is 0.358 e. The predicted molar refractivity (Wildman–Crippen MR) is 74.8 cm³/mol. The molecule has 0 aliphatic heterocycles. The molecule has 20 heavy (non-hydrogen) atoms. The van der Waals surface area contributed by atoms with E-state index in [4.69, 9.17) is 4.74 Å². The number of esters is 1. The highest BCUT2D eigenvalue weighted by Crippen LogP contribution is 2.36. The van der Waals surface area contributed by atoms with E-state index in [1.165, 1.54) is 26.1 Å². The molecule has 0 radical (unpaired) electrons. The van der Waals surface area contributed by atoms with Crippen molar-refractivity contribution in [1.29, 1.82) is 0 Å². The van der Waals surface area contributed by atoms with Gasteiger partial charge >= 0.3 is 5.97 Å². The quantitative estimate of drug-likeness (QED) is 0.705. The summed E-state index contributed by atoms with van der Waals surface area (Å²) in [6.07, 6.45) is 5.61. The molecule has 0 bridgehead atoms. The first kappa shape index (κ1) is 14.7. The SMILES string of the molecule is COCCN(c1cnc(C(=O)OC)cn1)C(C)C1CC1. The number of aromatic nitrogens is 2. The first-order chi connectivity index (χ1) is 9.67. The van der Waals surface area contributed by atoms with Crippen LogP contribution in [-0.2, 0) is 9.47 Å². The summed E-state index contributed by atoms with van der Waals surface area (Å²) >= 11 is 0. The third kappa shape index (κ3) is 3.45. The molecule has 1 aliphatic rings. The smallest absolute Gasteiger partial charge is 0.358 e. The van der Waals surface area contributed by atoms with Gasteiger partial charge in [0, 0.05) is 19.7 Å². The largest absolute Gasteiger partial charge is 0.464 e. The Labute approximate surface area is 119 Å². The maximum absolute atomic E-state index is 11.4. The highest BCUT2D eigenvalue weighted by Gasteiger charge is 2.32. The second kappa shape index (κ2) is 6.65. The second-order valence-corrected chi connectivity index (χ2v) is 5.02. The van der Waals surface area contributed by atoms with Crippen molar-refractivity contribution in [3.8, 4) is 0 Å². The van der Waals surface area contributed by atoms with E-state index in [-0.39, 0.29) is 5.69 Å². The number of hydrogen-bond acceptors (Lipinski definition) is 6. The third-order valence-electron chi connectivity index (χ3n) is 3.66. The molecular weight excluding hydrogens is 258 g/mol. The highest BCUT2D eigenvalue weighted by molar-refractivity contribution is 5.86. The van der Waals surface area contributed by atoms with Gasteiger partial charge in [0.2, 0.25) is 0 Å². The van der Waals surface area contributed by atoms with Crippen LogP contribution in [0.4, 0.5) is 5.82 Å². The zero-order valence-electron chi connectivity index (χ0n) is 12.2. The van der Waals surface area contributed by atoms with Crippen LogP contribution in [0.15, 0.2) is 12.4 Å². The molecule has 1 heterocycles. The molecular formula is C14H21N3O3. The minimum atomic E-state index is -0.470. The Morgan fingerprint density at radius 2 is 2.15 bits per heavy atom. The van der Waals surface area contributed by atoms with Crippen molar-refractivity contribution in [2.75, 3.05) is 32.3 Å². The Hall–Kier alpha value is -1.69. The van der Waals surface area contributed by atoms with Crippen LogP contribution in [0, 0.1) is 5.92 Å². The van der Waals surface area contributed by atoms with E-state index in [2.05, 4.69) is 26.5 Å². The summed E-state index contributed by atoms with van der Waals surface area (Å²) in [5.41, 5.74) is 0.224. The van der Waals surface area contributed by atoms with E-state index in [1.807, 2.05) is 0 Å². The van der Waals surface area contributed by atoms with E-state index in [9.17, 15) is 4.79 Å². The van der Waals surface area contributed by atoms with Crippen LogP contribution in [-0.4, -0.2) is 49.4 Å². The van der Waals surface area contributed by atoms with Crippen LogP contribution in [0.2, 0.25) is 0 Å². The molecule has 0 amide bonds. The summed E-state index contributed by atoms with van der Waals surface area (Å²) in [5.74, 6) is 1.02. The molecule has 2 rings (SSSR count). The number of nitrogens with zero attached hydrogens (tertiary/aromatic N) is 3. The summed E-state index contributed by atoms with van der Waals surface area (Å²) in [7, 11) is 3.02. The van der Waals surface area contributed by atoms with Crippen molar-refractivity contribution in [2.24, 2.45) is 5.92 Å². The fourth-order valence-electron chi connectivity index (χ4n) is 2.23. The molecule has 0 aromatic carbocycles. The van der Waals surface area contributed by atoms with E-state index in [0.29, 0.717) is 18.6 Å². The Bertz CT molecular complexity index is 445. The standard InChI is InChI=1S/C14H21N3O3/c1-10(11-4-5-11)17(6-7-19-2)13-9-15-12(8-16-13)14(18)20-3/h8-11H,4-7H2,1-3H3. The highest BCUT2D eigenvalue weighted by atomic mass is 16.5. The summed E-state index contributed by atoms with van der Waals surface area (Å²) < 4.78 is 9.78. The van der Waals surface area contributed by atoms with Gasteiger partial charge in [-0.1, -0.05) is 0 Å². The number of ether oxygens (including phenoxy) is 2. The van der Waals surface area contributed by atoms with Crippen molar-refractivity contribution in [2.45, 2.75) is 25.8 Å². The monoisotopic (exact) mass is 279 g/mol. The van der Waals surface area contributed by atoms with E-state index >= 15 is 0 Å². The maximum atomic E-state index is 11.4. The van der Waals surface area contributed by atoms with Gasteiger partial charge in [-0.15, -0.1) is 0 Å². The third-order valence-corrected chi connectivity index (χ3v) is 3.66. The Kier molecular flexibility index (Phi) is 4.89. The number of hydrogen-bond donors (Lipinski definition) is 0. The van der Waals surface area contributed by atoms with Crippen LogP contribution in [0.5, 0.6) is 0 Å². The van der Waals surface area contributed by atoms with Crippen LogP contribution < -0.4 is 4.90 Å². The van der Waals surface area contributed by atoms with Gasteiger partial charge in [-0.2, -0.15) is 0 Å². The van der Waals surface area contributed by atoms with Gasteiger partial charge in [-0.25, -0.2) is 14.8 Å². The van der Waals surface area contributed by atoms with E-state index in [0.717, 1.165) is 12.4 Å². The Morgan fingerprint density at radius 1 is 1.40 bits per heavy atom. The van der Waals surface area contributed by atoms with Crippen LogP contribution in [0.1, 0.15) is 30.3 Å². The lowest BCUT2D eigenvalue weighted by Crippen LogP contribution is -2.38. The van der Waals surface area contributed by atoms with Crippen molar-refractivity contribution in [3.63, 3.8) is 0 Å². The van der Waals surface area contributed by atoms with Crippen LogP contribution >= 0.6 is 0 Å². The van der Waals surface area contributed by atoms with E-state index < -0.39 is 5.97 Å². The topological polar surface area (TPSA) is 64.5 Å². The molecule has 6 heteroatoms.